The van der Waals surface area contributed by atoms with E-state index < -0.39 is 5.41 Å². The molecule has 1 aliphatic carbocycles. The van der Waals surface area contributed by atoms with Gasteiger partial charge in [-0.2, -0.15) is 0 Å². The van der Waals surface area contributed by atoms with Crippen LogP contribution in [0.25, 0.3) is 76.8 Å². The number of anilines is 3. The molecule has 0 radical (unpaired) electrons. The van der Waals surface area contributed by atoms with Gasteiger partial charge < -0.3 is 4.90 Å². The highest BCUT2D eigenvalue weighted by Gasteiger charge is 2.46. The van der Waals surface area contributed by atoms with Crippen LogP contribution in [0.3, 0.4) is 0 Å². The summed E-state index contributed by atoms with van der Waals surface area (Å²) >= 11 is 0. The van der Waals surface area contributed by atoms with E-state index in [1.54, 1.807) is 0 Å². The SMILES string of the molecule is c1ccc(C2(c3ccccc3)c3ccccc3-c3ccc(N(c4ccc(-c5ccc6c(ccc7ccccc76)c5)cc4)c4cccc(-c5cccc(-c6cccc7ccccc67)c5)c4)cc32)cc1. The second kappa shape index (κ2) is 16.3. The lowest BCUT2D eigenvalue weighted by Gasteiger charge is -2.35. The molecule has 68 heavy (non-hydrogen) atoms. The molecule has 12 aromatic carbocycles. The van der Waals surface area contributed by atoms with Crippen LogP contribution in [0.2, 0.25) is 0 Å². The summed E-state index contributed by atoms with van der Waals surface area (Å²) in [6.45, 7) is 0. The molecule has 318 valence electrons. The third-order valence-electron chi connectivity index (χ3n) is 14.3. The topological polar surface area (TPSA) is 3.24 Å². The molecule has 1 aliphatic rings. The van der Waals surface area contributed by atoms with E-state index in [2.05, 4.69) is 278 Å². The van der Waals surface area contributed by atoms with Crippen molar-refractivity contribution in [1.82, 2.24) is 0 Å². The molecular formula is C67H45N. The minimum atomic E-state index is -0.523. The van der Waals surface area contributed by atoms with Crippen molar-refractivity contribution in [2.24, 2.45) is 0 Å². The van der Waals surface area contributed by atoms with Crippen molar-refractivity contribution in [3.63, 3.8) is 0 Å². The number of hydrogen-bond acceptors (Lipinski definition) is 1. The van der Waals surface area contributed by atoms with Gasteiger partial charge >= 0.3 is 0 Å². The third-order valence-corrected chi connectivity index (χ3v) is 14.3. The first-order valence-corrected chi connectivity index (χ1v) is 23.6. The van der Waals surface area contributed by atoms with Gasteiger partial charge in [0.15, 0.2) is 0 Å². The lowest BCUT2D eigenvalue weighted by Crippen LogP contribution is -2.28. The number of benzene rings is 12. The molecule has 0 fully saturated rings. The predicted octanol–water partition coefficient (Wildman–Crippen LogP) is 18.0. The predicted molar refractivity (Wildman–Crippen MR) is 287 cm³/mol. The van der Waals surface area contributed by atoms with Gasteiger partial charge in [0.2, 0.25) is 0 Å². The van der Waals surface area contributed by atoms with Crippen molar-refractivity contribution in [3.8, 4) is 44.5 Å². The summed E-state index contributed by atoms with van der Waals surface area (Å²) in [5.41, 5.74) is 17.5. The summed E-state index contributed by atoms with van der Waals surface area (Å²) < 4.78 is 0. The zero-order valence-electron chi connectivity index (χ0n) is 37.4. The molecular weight excluding hydrogens is 819 g/mol. The average molecular weight is 864 g/mol. The van der Waals surface area contributed by atoms with Crippen LogP contribution in [-0.4, -0.2) is 0 Å². The van der Waals surface area contributed by atoms with Gasteiger partial charge in [0.25, 0.3) is 0 Å². The normalized spacial score (nSPS) is 12.5. The van der Waals surface area contributed by atoms with Gasteiger partial charge in [0.05, 0.1) is 5.41 Å². The Morgan fingerprint density at radius 2 is 0.750 bits per heavy atom. The van der Waals surface area contributed by atoms with E-state index >= 15 is 0 Å². The lowest BCUT2D eigenvalue weighted by molar-refractivity contribution is 0.768. The standard InChI is InChI=1S/C67H45N/c1-3-22-54(23-4-1)67(55-24-5-2-6-25-55)65-31-12-11-29-63(65)64-41-39-58(45-66(64)67)68(56-37-34-46(35-38-56)51-36-40-62-53(43-51)33-32-48-17-8-10-28-60(48)62)57-26-14-20-50(44-57)49-19-13-21-52(42-49)61-30-15-18-47-16-7-9-27-59(47)61/h1-45H. The van der Waals surface area contributed by atoms with Gasteiger partial charge in [-0.25, -0.2) is 0 Å². The van der Waals surface area contributed by atoms with Crippen LogP contribution in [-0.2, 0) is 5.41 Å². The Morgan fingerprint density at radius 3 is 1.54 bits per heavy atom. The van der Waals surface area contributed by atoms with E-state index in [-0.39, 0.29) is 0 Å². The molecule has 0 N–H and O–H groups in total. The summed E-state index contributed by atoms with van der Waals surface area (Å²) in [4.78, 5) is 2.44. The summed E-state index contributed by atoms with van der Waals surface area (Å²) in [6, 6.07) is 101. The minimum Gasteiger partial charge on any atom is -0.310 e. The fourth-order valence-electron chi connectivity index (χ4n) is 11.2. The monoisotopic (exact) mass is 863 g/mol. The molecule has 12 aromatic rings. The number of fused-ring (bicyclic) bond motifs is 7. The second-order valence-corrected chi connectivity index (χ2v) is 18.0. The molecule has 0 bridgehead atoms. The zero-order valence-corrected chi connectivity index (χ0v) is 37.4. The van der Waals surface area contributed by atoms with E-state index in [4.69, 9.17) is 0 Å². The number of nitrogens with zero attached hydrogens (tertiary/aromatic N) is 1. The summed E-state index contributed by atoms with van der Waals surface area (Å²) in [7, 11) is 0. The van der Waals surface area contributed by atoms with Gasteiger partial charge in [-0.1, -0.05) is 224 Å². The summed E-state index contributed by atoms with van der Waals surface area (Å²) in [6.07, 6.45) is 0. The van der Waals surface area contributed by atoms with Crippen molar-refractivity contribution in [2.75, 3.05) is 4.90 Å². The van der Waals surface area contributed by atoms with Crippen molar-refractivity contribution in [3.05, 3.63) is 295 Å². The maximum absolute atomic E-state index is 2.46. The van der Waals surface area contributed by atoms with Gasteiger partial charge in [0, 0.05) is 17.1 Å². The highest BCUT2D eigenvalue weighted by atomic mass is 15.1. The molecule has 0 heterocycles. The van der Waals surface area contributed by atoms with Gasteiger partial charge in [-0.3, -0.25) is 0 Å². The van der Waals surface area contributed by atoms with Gasteiger partial charge in [0.1, 0.15) is 0 Å². The molecule has 0 amide bonds. The van der Waals surface area contributed by atoms with Crippen LogP contribution in [0, 0.1) is 0 Å². The minimum absolute atomic E-state index is 0.523. The maximum atomic E-state index is 2.46. The molecule has 13 rings (SSSR count). The number of hydrogen-bond donors (Lipinski definition) is 0. The Labute approximate surface area is 397 Å². The van der Waals surface area contributed by atoms with Crippen LogP contribution in [0.1, 0.15) is 22.3 Å². The Balaban J connectivity index is 0.978. The van der Waals surface area contributed by atoms with Crippen LogP contribution < -0.4 is 4.90 Å². The molecule has 0 saturated heterocycles. The van der Waals surface area contributed by atoms with Crippen molar-refractivity contribution in [2.45, 2.75) is 5.41 Å². The van der Waals surface area contributed by atoms with Crippen LogP contribution in [0.5, 0.6) is 0 Å². The van der Waals surface area contributed by atoms with E-state index in [1.165, 1.54) is 93.5 Å². The lowest BCUT2D eigenvalue weighted by atomic mass is 9.67. The van der Waals surface area contributed by atoms with E-state index in [1.807, 2.05) is 0 Å². The fourth-order valence-corrected chi connectivity index (χ4v) is 11.2. The van der Waals surface area contributed by atoms with E-state index in [9.17, 15) is 0 Å². The smallest absolute Gasteiger partial charge is 0.0714 e. The molecule has 1 heteroatoms. The third kappa shape index (κ3) is 6.47. The first-order chi connectivity index (χ1) is 33.7. The summed E-state index contributed by atoms with van der Waals surface area (Å²) in [5.74, 6) is 0. The van der Waals surface area contributed by atoms with Gasteiger partial charge in [-0.15, -0.1) is 0 Å². The van der Waals surface area contributed by atoms with Crippen molar-refractivity contribution < 1.29 is 0 Å². The first kappa shape index (κ1) is 39.6. The van der Waals surface area contributed by atoms with E-state index in [0.29, 0.717) is 0 Å². The summed E-state index contributed by atoms with van der Waals surface area (Å²) in [5, 5.41) is 7.57. The molecule has 0 spiro atoms. The molecule has 0 saturated carbocycles. The zero-order chi connectivity index (χ0) is 45.0. The second-order valence-electron chi connectivity index (χ2n) is 18.0. The van der Waals surface area contributed by atoms with E-state index in [0.717, 1.165) is 22.6 Å². The van der Waals surface area contributed by atoms with Gasteiger partial charge in [-0.05, 0) is 148 Å². The largest absolute Gasteiger partial charge is 0.310 e. The fraction of sp³-hybridized carbons (Fsp3) is 0.0149. The Morgan fingerprint density at radius 1 is 0.235 bits per heavy atom. The number of rotatable bonds is 8. The highest BCUT2D eigenvalue weighted by Crippen LogP contribution is 2.57. The Hall–Kier alpha value is -8.78. The Kier molecular flexibility index (Phi) is 9.47. The quantitative estimate of drug-likeness (QED) is 0.138. The van der Waals surface area contributed by atoms with Crippen LogP contribution in [0.4, 0.5) is 17.1 Å². The van der Waals surface area contributed by atoms with Crippen molar-refractivity contribution in [1.29, 1.82) is 0 Å². The van der Waals surface area contributed by atoms with Crippen LogP contribution >= 0.6 is 0 Å². The first-order valence-electron chi connectivity index (χ1n) is 23.6. The molecule has 0 aliphatic heterocycles. The average Bonchev–Trinajstić information content (AvgIpc) is 3.72. The molecule has 0 aromatic heterocycles. The maximum Gasteiger partial charge on any atom is 0.0714 e. The van der Waals surface area contributed by atoms with Crippen LogP contribution in [0.15, 0.2) is 273 Å². The Bertz CT molecular complexity index is 3800. The molecule has 0 atom stereocenters. The molecule has 1 nitrogen and oxygen atoms in total. The highest BCUT2D eigenvalue weighted by molar-refractivity contribution is 6.08. The molecule has 0 unspecified atom stereocenters. The van der Waals surface area contributed by atoms with Crippen molar-refractivity contribution >= 4 is 49.4 Å².